The van der Waals surface area contributed by atoms with Crippen LogP contribution in [0.15, 0.2) is 53.2 Å². The van der Waals surface area contributed by atoms with E-state index in [9.17, 15) is 9.59 Å². The van der Waals surface area contributed by atoms with Crippen molar-refractivity contribution in [2.24, 2.45) is 0 Å². The molecule has 0 N–H and O–H groups in total. The van der Waals surface area contributed by atoms with Crippen molar-refractivity contribution in [1.82, 2.24) is 24.9 Å². The standard InChI is InChI=1S/C25H27N5O5/c31-22(17-34-19-6-2-1-3-7-19)30-11-5-4-8-21(30)24-27-23(28-35-24)18-9-10-26-20(16-18)25(32)29-12-14-33-15-13-29/h1-3,6-7,9-10,16,21H,4-5,8,11-15,17H2/t21-/m1/s1. The number of carbonyl (C=O) groups excluding carboxylic acids is 2. The Morgan fingerprint density at radius 1 is 1.06 bits per heavy atom. The number of ether oxygens (including phenoxy) is 2. The normalized spacial score (nSPS) is 18.3. The minimum Gasteiger partial charge on any atom is -0.484 e. The zero-order valence-electron chi connectivity index (χ0n) is 19.3. The Morgan fingerprint density at radius 2 is 1.89 bits per heavy atom. The lowest BCUT2D eigenvalue weighted by molar-refractivity contribution is -0.138. The largest absolute Gasteiger partial charge is 0.484 e. The molecule has 0 bridgehead atoms. The van der Waals surface area contributed by atoms with Crippen molar-refractivity contribution in [2.75, 3.05) is 39.5 Å². The second-order valence-electron chi connectivity index (χ2n) is 8.49. The van der Waals surface area contributed by atoms with Gasteiger partial charge >= 0.3 is 0 Å². The molecule has 2 fully saturated rings. The van der Waals surface area contributed by atoms with Gasteiger partial charge in [-0.15, -0.1) is 0 Å². The van der Waals surface area contributed by atoms with E-state index in [1.54, 1.807) is 28.1 Å². The second kappa shape index (κ2) is 10.6. The lowest BCUT2D eigenvalue weighted by atomic mass is 10.0. The molecule has 0 spiro atoms. The summed E-state index contributed by atoms with van der Waals surface area (Å²) >= 11 is 0. The van der Waals surface area contributed by atoms with Gasteiger partial charge in [-0.25, -0.2) is 0 Å². The Hall–Kier alpha value is -3.79. The SMILES string of the molecule is O=C(c1cc(-c2noc([C@H]3CCCCN3C(=O)COc3ccccc3)n2)ccn1)N1CCOCC1. The molecule has 35 heavy (non-hydrogen) atoms. The summed E-state index contributed by atoms with van der Waals surface area (Å²) in [6.45, 7) is 2.66. The van der Waals surface area contributed by atoms with Crippen molar-refractivity contribution < 1.29 is 23.6 Å². The third-order valence-electron chi connectivity index (χ3n) is 6.19. The summed E-state index contributed by atoms with van der Waals surface area (Å²) < 4.78 is 16.6. The number of rotatable bonds is 6. The number of hydrogen-bond donors (Lipinski definition) is 0. The number of likely N-dealkylation sites (tertiary alicyclic amines) is 1. The number of pyridine rings is 1. The number of morpholine rings is 1. The van der Waals surface area contributed by atoms with Gasteiger partial charge in [-0.05, 0) is 43.5 Å². The van der Waals surface area contributed by atoms with Gasteiger partial charge in [0.25, 0.3) is 11.8 Å². The van der Waals surface area contributed by atoms with Crippen molar-refractivity contribution in [3.05, 3.63) is 60.2 Å². The van der Waals surface area contributed by atoms with Crippen LogP contribution >= 0.6 is 0 Å². The van der Waals surface area contributed by atoms with E-state index in [1.165, 1.54) is 0 Å². The van der Waals surface area contributed by atoms with Crippen molar-refractivity contribution in [2.45, 2.75) is 25.3 Å². The fourth-order valence-corrected chi connectivity index (χ4v) is 4.33. The zero-order chi connectivity index (χ0) is 24.0. The van der Waals surface area contributed by atoms with Crippen LogP contribution in [0, 0.1) is 0 Å². The second-order valence-corrected chi connectivity index (χ2v) is 8.49. The van der Waals surface area contributed by atoms with E-state index in [2.05, 4.69) is 15.1 Å². The molecule has 182 valence electrons. The summed E-state index contributed by atoms with van der Waals surface area (Å²) in [7, 11) is 0. The molecule has 5 rings (SSSR count). The van der Waals surface area contributed by atoms with E-state index >= 15 is 0 Å². The smallest absolute Gasteiger partial charge is 0.272 e. The van der Waals surface area contributed by atoms with Gasteiger partial charge in [-0.2, -0.15) is 4.98 Å². The van der Waals surface area contributed by atoms with Crippen LogP contribution in [0.25, 0.3) is 11.4 Å². The molecule has 2 saturated heterocycles. The molecule has 0 aliphatic carbocycles. The molecular formula is C25H27N5O5. The number of piperidine rings is 1. The summed E-state index contributed by atoms with van der Waals surface area (Å²) in [4.78, 5) is 38.1. The number of hydrogen-bond acceptors (Lipinski definition) is 8. The highest BCUT2D eigenvalue weighted by Gasteiger charge is 2.32. The molecule has 4 heterocycles. The van der Waals surface area contributed by atoms with Crippen LogP contribution in [-0.4, -0.2) is 76.2 Å². The zero-order valence-corrected chi connectivity index (χ0v) is 19.3. The average Bonchev–Trinajstić information content (AvgIpc) is 3.43. The van der Waals surface area contributed by atoms with Crippen LogP contribution < -0.4 is 4.74 Å². The van der Waals surface area contributed by atoms with Crippen LogP contribution in [0.2, 0.25) is 0 Å². The van der Waals surface area contributed by atoms with Gasteiger partial charge in [-0.1, -0.05) is 23.4 Å². The predicted molar refractivity (Wildman–Crippen MR) is 124 cm³/mol. The highest BCUT2D eigenvalue weighted by atomic mass is 16.5. The van der Waals surface area contributed by atoms with E-state index in [0.29, 0.717) is 61.6 Å². The fourth-order valence-electron chi connectivity index (χ4n) is 4.33. The number of amides is 2. The molecule has 0 saturated carbocycles. The summed E-state index contributed by atoms with van der Waals surface area (Å²) in [6, 6.07) is 12.4. The first-order valence-corrected chi connectivity index (χ1v) is 11.8. The molecule has 0 radical (unpaired) electrons. The molecule has 3 aromatic rings. The number of carbonyl (C=O) groups is 2. The maximum absolute atomic E-state index is 13.0. The first kappa shape index (κ1) is 23.0. The first-order valence-electron chi connectivity index (χ1n) is 11.8. The Balaban J connectivity index is 1.29. The van der Waals surface area contributed by atoms with Crippen LogP contribution in [0.4, 0.5) is 0 Å². The third kappa shape index (κ3) is 5.32. The quantitative estimate of drug-likeness (QED) is 0.533. The Morgan fingerprint density at radius 3 is 2.71 bits per heavy atom. The van der Waals surface area contributed by atoms with Gasteiger partial charge in [0.05, 0.1) is 13.2 Å². The van der Waals surface area contributed by atoms with Crippen molar-refractivity contribution in [1.29, 1.82) is 0 Å². The minimum atomic E-state index is -0.312. The van der Waals surface area contributed by atoms with Crippen molar-refractivity contribution in [3.8, 4) is 17.1 Å². The average molecular weight is 478 g/mol. The van der Waals surface area contributed by atoms with Gasteiger partial charge < -0.3 is 23.8 Å². The fraction of sp³-hybridized carbons (Fsp3) is 0.400. The molecule has 2 aliphatic heterocycles. The molecule has 1 aromatic carbocycles. The van der Waals surface area contributed by atoms with E-state index in [0.717, 1.165) is 19.3 Å². The molecule has 2 amide bonds. The number of aromatic nitrogens is 3. The maximum Gasteiger partial charge on any atom is 0.272 e. The van der Waals surface area contributed by atoms with E-state index < -0.39 is 0 Å². The van der Waals surface area contributed by atoms with E-state index in [4.69, 9.17) is 14.0 Å². The van der Waals surface area contributed by atoms with Crippen LogP contribution in [0.1, 0.15) is 41.7 Å². The lowest BCUT2D eigenvalue weighted by Crippen LogP contribution is -2.41. The maximum atomic E-state index is 13.0. The third-order valence-corrected chi connectivity index (χ3v) is 6.19. The Kier molecular flexibility index (Phi) is 6.99. The Bertz CT molecular complexity index is 1160. The van der Waals surface area contributed by atoms with E-state index in [-0.39, 0.29) is 24.5 Å². The van der Waals surface area contributed by atoms with Crippen LogP contribution in [-0.2, 0) is 9.53 Å². The summed E-state index contributed by atoms with van der Waals surface area (Å²) in [5.41, 5.74) is 0.955. The highest BCUT2D eigenvalue weighted by molar-refractivity contribution is 5.93. The van der Waals surface area contributed by atoms with Gasteiger partial charge in [0.1, 0.15) is 17.5 Å². The van der Waals surface area contributed by atoms with Gasteiger partial charge in [0.15, 0.2) is 6.61 Å². The molecule has 2 aliphatic rings. The molecule has 10 heteroatoms. The van der Waals surface area contributed by atoms with Crippen LogP contribution in [0.5, 0.6) is 5.75 Å². The summed E-state index contributed by atoms with van der Waals surface area (Å²) in [5, 5.41) is 4.13. The summed E-state index contributed by atoms with van der Waals surface area (Å²) in [5.74, 6) is 1.11. The van der Waals surface area contributed by atoms with Gasteiger partial charge in [-0.3, -0.25) is 14.6 Å². The van der Waals surface area contributed by atoms with Crippen molar-refractivity contribution in [3.63, 3.8) is 0 Å². The van der Waals surface area contributed by atoms with Gasteiger partial charge in [0.2, 0.25) is 11.7 Å². The van der Waals surface area contributed by atoms with Crippen molar-refractivity contribution >= 4 is 11.8 Å². The van der Waals surface area contributed by atoms with Gasteiger partial charge in [0, 0.05) is 31.4 Å². The molecule has 0 unspecified atom stereocenters. The predicted octanol–water partition coefficient (Wildman–Crippen LogP) is 2.74. The molecular weight excluding hydrogens is 450 g/mol. The van der Waals surface area contributed by atoms with E-state index in [1.807, 2.05) is 30.3 Å². The molecule has 2 aromatic heterocycles. The first-order chi connectivity index (χ1) is 17.2. The molecule has 1 atom stereocenters. The lowest BCUT2D eigenvalue weighted by Gasteiger charge is -2.33. The topological polar surface area (TPSA) is 111 Å². The number of benzene rings is 1. The number of para-hydroxylation sites is 1. The molecule has 10 nitrogen and oxygen atoms in total. The summed E-state index contributed by atoms with van der Waals surface area (Å²) in [6.07, 6.45) is 4.16. The number of nitrogens with zero attached hydrogens (tertiary/aromatic N) is 5. The van der Waals surface area contributed by atoms with Crippen LogP contribution in [0.3, 0.4) is 0 Å². The monoisotopic (exact) mass is 477 g/mol. The minimum absolute atomic E-state index is 0.0567. The highest BCUT2D eigenvalue weighted by Crippen LogP contribution is 2.31. The Labute approximate surface area is 202 Å².